The first-order valence-electron chi connectivity index (χ1n) is 6.47. The lowest BCUT2D eigenvalue weighted by molar-refractivity contribution is 0.486. The van der Waals surface area contributed by atoms with Crippen LogP contribution in [0, 0.1) is 5.92 Å². The molecule has 0 amide bonds. The molecule has 0 atom stereocenters. The normalized spacial score (nSPS) is 11.0. The van der Waals surface area contributed by atoms with Crippen LogP contribution in [0.1, 0.15) is 26.5 Å². The van der Waals surface area contributed by atoms with E-state index in [4.69, 9.17) is 0 Å². The van der Waals surface area contributed by atoms with Crippen molar-refractivity contribution < 1.29 is 0 Å². The number of nitrogens with zero attached hydrogens (tertiary/aromatic N) is 2. The molecule has 100 valence electrons. The predicted molar refractivity (Wildman–Crippen MR) is 84.9 cm³/mol. The molecule has 0 fully saturated rings. The molecule has 0 unspecified atom stereocenters. The molecule has 0 saturated carbocycles. The van der Waals surface area contributed by atoms with Crippen molar-refractivity contribution in [2.75, 3.05) is 0 Å². The van der Waals surface area contributed by atoms with E-state index >= 15 is 0 Å². The number of hydrogen-bond donors (Lipinski definition) is 0. The predicted octanol–water partition coefficient (Wildman–Crippen LogP) is 5.00. The third kappa shape index (κ3) is 3.35. The monoisotopic (exact) mass is 318 g/mol. The summed E-state index contributed by atoms with van der Waals surface area (Å²) >= 11 is 3.47. The Bertz CT molecular complexity index is 579. The van der Waals surface area contributed by atoms with Crippen LogP contribution < -0.4 is 0 Å². The molecular formula is C16H19BrN2. The van der Waals surface area contributed by atoms with Gasteiger partial charge in [0.25, 0.3) is 0 Å². The zero-order valence-corrected chi connectivity index (χ0v) is 13.2. The summed E-state index contributed by atoms with van der Waals surface area (Å²) in [6.45, 7) is 11.3. The quantitative estimate of drug-likeness (QED) is 0.775. The maximum Gasteiger partial charge on any atom is 0.0880 e. The van der Waals surface area contributed by atoms with E-state index in [9.17, 15) is 0 Å². The highest BCUT2D eigenvalue weighted by atomic mass is 79.9. The fraction of sp³-hybridized carbons (Fsp3) is 0.312. The second-order valence-corrected chi connectivity index (χ2v) is 6.19. The van der Waals surface area contributed by atoms with Crippen LogP contribution in [0.2, 0.25) is 0 Å². The molecule has 1 heterocycles. The molecule has 0 radical (unpaired) electrons. The molecule has 0 bridgehead atoms. The molecule has 1 aromatic carbocycles. The molecule has 2 rings (SSSR count). The van der Waals surface area contributed by atoms with Crippen molar-refractivity contribution >= 4 is 21.5 Å². The van der Waals surface area contributed by atoms with Gasteiger partial charge in [0.15, 0.2) is 0 Å². The van der Waals surface area contributed by atoms with Crippen molar-refractivity contribution in [3.05, 3.63) is 47.1 Å². The van der Waals surface area contributed by atoms with Crippen LogP contribution in [0.4, 0.5) is 0 Å². The van der Waals surface area contributed by atoms with E-state index in [1.54, 1.807) is 0 Å². The van der Waals surface area contributed by atoms with Crippen LogP contribution >= 0.6 is 15.9 Å². The highest BCUT2D eigenvalue weighted by molar-refractivity contribution is 9.10. The lowest BCUT2D eigenvalue weighted by Gasteiger charge is -2.10. The Hall–Kier alpha value is -1.35. The van der Waals surface area contributed by atoms with E-state index < -0.39 is 0 Å². The maximum absolute atomic E-state index is 4.65. The number of halogens is 1. The van der Waals surface area contributed by atoms with E-state index in [1.165, 1.54) is 5.56 Å². The van der Waals surface area contributed by atoms with Crippen molar-refractivity contribution in [3.8, 4) is 11.3 Å². The minimum absolute atomic E-state index is 0.562. The fourth-order valence-electron chi connectivity index (χ4n) is 1.96. The van der Waals surface area contributed by atoms with Gasteiger partial charge in [-0.15, -0.1) is 0 Å². The molecule has 0 aliphatic rings. The summed E-state index contributed by atoms with van der Waals surface area (Å²) in [5.74, 6) is 0.562. The number of aromatic nitrogens is 2. The van der Waals surface area contributed by atoms with E-state index in [2.05, 4.69) is 76.5 Å². The topological polar surface area (TPSA) is 17.8 Å². The minimum atomic E-state index is 0.562. The second kappa shape index (κ2) is 5.74. The average molecular weight is 319 g/mol. The van der Waals surface area contributed by atoms with E-state index in [0.29, 0.717) is 5.92 Å². The third-order valence-corrected chi connectivity index (χ3v) is 3.42. The van der Waals surface area contributed by atoms with Crippen LogP contribution in [0.5, 0.6) is 0 Å². The minimum Gasteiger partial charge on any atom is -0.264 e. The van der Waals surface area contributed by atoms with Crippen molar-refractivity contribution in [2.24, 2.45) is 5.92 Å². The van der Waals surface area contributed by atoms with Gasteiger partial charge in [0, 0.05) is 11.0 Å². The first-order chi connectivity index (χ1) is 8.97. The van der Waals surface area contributed by atoms with Gasteiger partial charge in [-0.2, -0.15) is 5.10 Å². The smallest absolute Gasteiger partial charge is 0.0880 e. The fourth-order valence-corrected chi connectivity index (χ4v) is 2.23. The van der Waals surface area contributed by atoms with Crippen LogP contribution in [0.15, 0.2) is 41.4 Å². The summed E-state index contributed by atoms with van der Waals surface area (Å²) in [6, 6.07) is 10.5. The Labute approximate surface area is 123 Å². The van der Waals surface area contributed by atoms with E-state index in [-0.39, 0.29) is 0 Å². The van der Waals surface area contributed by atoms with Crippen LogP contribution in [-0.4, -0.2) is 9.78 Å². The van der Waals surface area contributed by atoms with Gasteiger partial charge in [-0.1, -0.05) is 48.5 Å². The first kappa shape index (κ1) is 14.1. The Balaban J connectivity index is 2.47. The second-order valence-electron chi connectivity index (χ2n) is 5.28. The summed E-state index contributed by atoms with van der Waals surface area (Å²) in [5.41, 5.74) is 4.31. The van der Waals surface area contributed by atoms with Gasteiger partial charge in [-0.25, -0.2) is 0 Å². The van der Waals surface area contributed by atoms with Crippen LogP contribution in [-0.2, 0) is 6.54 Å². The van der Waals surface area contributed by atoms with Gasteiger partial charge in [0.05, 0.1) is 11.4 Å². The summed E-state index contributed by atoms with van der Waals surface area (Å²) in [5, 5.41) is 4.65. The number of allylic oxidation sites excluding steroid dienone is 1. The van der Waals surface area contributed by atoms with Gasteiger partial charge in [-0.3, -0.25) is 4.68 Å². The molecule has 1 aromatic heterocycles. The molecule has 0 aliphatic heterocycles. The highest BCUT2D eigenvalue weighted by Crippen LogP contribution is 2.25. The van der Waals surface area contributed by atoms with Crippen LogP contribution in [0.3, 0.4) is 0 Å². The third-order valence-electron chi connectivity index (χ3n) is 2.90. The molecule has 2 nitrogen and oxygen atoms in total. The summed E-state index contributed by atoms with van der Waals surface area (Å²) in [4.78, 5) is 0. The van der Waals surface area contributed by atoms with Gasteiger partial charge < -0.3 is 0 Å². The molecular weight excluding hydrogens is 300 g/mol. The zero-order chi connectivity index (χ0) is 14.0. The lowest BCUT2D eigenvalue weighted by atomic mass is 10.1. The Kier molecular flexibility index (Phi) is 4.25. The molecule has 0 aliphatic carbocycles. The molecule has 0 N–H and O–H groups in total. The highest BCUT2D eigenvalue weighted by Gasteiger charge is 2.11. The summed E-state index contributed by atoms with van der Waals surface area (Å²) < 4.78 is 3.17. The summed E-state index contributed by atoms with van der Waals surface area (Å²) in [6.07, 6.45) is 0. The zero-order valence-electron chi connectivity index (χ0n) is 11.7. The molecule has 0 saturated heterocycles. The Morgan fingerprint density at radius 1 is 1.32 bits per heavy atom. The molecule has 2 aromatic rings. The van der Waals surface area contributed by atoms with E-state index in [0.717, 1.165) is 28.0 Å². The van der Waals surface area contributed by atoms with Gasteiger partial charge in [0.1, 0.15) is 0 Å². The van der Waals surface area contributed by atoms with Gasteiger partial charge >= 0.3 is 0 Å². The number of benzene rings is 1. The van der Waals surface area contributed by atoms with Crippen molar-refractivity contribution in [1.29, 1.82) is 0 Å². The maximum atomic E-state index is 4.65. The molecule has 19 heavy (non-hydrogen) atoms. The van der Waals surface area contributed by atoms with Crippen molar-refractivity contribution in [1.82, 2.24) is 9.78 Å². The SMILES string of the molecule is C=C(C)c1cc(-c2ccc(Br)cc2)n(CC(C)C)n1. The number of hydrogen-bond acceptors (Lipinski definition) is 1. The van der Waals surface area contributed by atoms with E-state index in [1.807, 2.05) is 6.92 Å². The lowest BCUT2D eigenvalue weighted by Crippen LogP contribution is -2.07. The largest absolute Gasteiger partial charge is 0.264 e. The first-order valence-corrected chi connectivity index (χ1v) is 7.26. The van der Waals surface area contributed by atoms with Crippen LogP contribution in [0.25, 0.3) is 16.8 Å². The Morgan fingerprint density at radius 3 is 2.47 bits per heavy atom. The average Bonchev–Trinajstić information content (AvgIpc) is 2.73. The van der Waals surface area contributed by atoms with Crippen molar-refractivity contribution in [2.45, 2.75) is 27.3 Å². The number of rotatable bonds is 4. The van der Waals surface area contributed by atoms with Gasteiger partial charge in [0.2, 0.25) is 0 Å². The molecule has 0 spiro atoms. The molecule has 3 heteroatoms. The summed E-state index contributed by atoms with van der Waals surface area (Å²) in [7, 11) is 0. The van der Waals surface area contributed by atoms with Crippen molar-refractivity contribution in [3.63, 3.8) is 0 Å². The Morgan fingerprint density at radius 2 is 1.95 bits per heavy atom. The standard InChI is InChI=1S/C16H19BrN2/c1-11(2)10-19-16(9-15(18-19)12(3)4)13-5-7-14(17)8-6-13/h5-9,11H,3,10H2,1-2,4H3. The van der Waals surface area contributed by atoms with Gasteiger partial charge in [-0.05, 0) is 42.2 Å².